The molecule has 6 nitrogen and oxygen atoms in total. The number of ether oxygens (including phenoxy) is 1. The lowest BCUT2D eigenvalue weighted by molar-refractivity contribution is -0.128. The average molecular weight is 331 g/mol. The molecule has 130 valence electrons. The van der Waals surface area contributed by atoms with E-state index in [9.17, 15) is 9.59 Å². The topological polar surface area (TPSA) is 70.7 Å². The third kappa shape index (κ3) is 3.87. The van der Waals surface area contributed by atoms with E-state index in [1.54, 1.807) is 4.90 Å². The first-order valence-electron chi connectivity index (χ1n) is 8.55. The number of urea groups is 1. The molecule has 2 aliphatic heterocycles. The number of carbonyl (C=O) groups is 2. The number of carbonyl (C=O) groups excluding carboxylic acids is 2. The van der Waals surface area contributed by atoms with E-state index in [0.717, 1.165) is 5.56 Å². The molecule has 0 unspecified atom stereocenters. The smallest absolute Gasteiger partial charge is 0.317 e. The fourth-order valence-corrected chi connectivity index (χ4v) is 3.38. The van der Waals surface area contributed by atoms with Crippen molar-refractivity contribution >= 4 is 11.9 Å². The van der Waals surface area contributed by atoms with Gasteiger partial charge in [0.1, 0.15) is 0 Å². The number of hydrogen-bond donors (Lipinski definition) is 2. The van der Waals surface area contributed by atoms with Crippen LogP contribution in [0.4, 0.5) is 4.79 Å². The summed E-state index contributed by atoms with van der Waals surface area (Å²) in [4.78, 5) is 26.4. The van der Waals surface area contributed by atoms with Crippen molar-refractivity contribution in [2.24, 2.45) is 5.92 Å². The van der Waals surface area contributed by atoms with E-state index >= 15 is 0 Å². The molecule has 6 heteroatoms. The van der Waals surface area contributed by atoms with Crippen LogP contribution in [0.3, 0.4) is 0 Å². The van der Waals surface area contributed by atoms with Crippen LogP contribution in [0, 0.1) is 5.92 Å². The van der Waals surface area contributed by atoms with Gasteiger partial charge in [0.15, 0.2) is 0 Å². The Kier molecular flexibility index (Phi) is 5.04. The van der Waals surface area contributed by atoms with Crippen LogP contribution in [0.2, 0.25) is 0 Å². The molecule has 0 aromatic heterocycles. The molecule has 0 spiro atoms. The monoisotopic (exact) mass is 331 g/mol. The fourth-order valence-electron chi connectivity index (χ4n) is 3.38. The maximum absolute atomic E-state index is 12.4. The van der Waals surface area contributed by atoms with E-state index in [1.807, 2.05) is 44.2 Å². The third-order valence-corrected chi connectivity index (χ3v) is 4.50. The van der Waals surface area contributed by atoms with E-state index in [1.165, 1.54) is 0 Å². The molecule has 1 aromatic carbocycles. The normalized spacial score (nSPS) is 25.6. The summed E-state index contributed by atoms with van der Waals surface area (Å²) in [6.07, 6.45) is 0.435. The molecular formula is C18H25N3O3. The highest BCUT2D eigenvalue weighted by atomic mass is 16.5. The van der Waals surface area contributed by atoms with Gasteiger partial charge in [-0.2, -0.15) is 0 Å². The van der Waals surface area contributed by atoms with Gasteiger partial charge in [-0.05, 0) is 25.8 Å². The Bertz CT molecular complexity index is 590. The summed E-state index contributed by atoms with van der Waals surface area (Å²) in [5.74, 6) is -0.131. The van der Waals surface area contributed by atoms with E-state index in [0.29, 0.717) is 26.1 Å². The molecule has 2 bridgehead atoms. The van der Waals surface area contributed by atoms with Crippen LogP contribution in [0.1, 0.15) is 25.8 Å². The number of rotatable bonds is 4. The molecule has 3 rings (SSSR count). The SMILES string of the molecule is CC(C)NC(=O)[C@H]1C[C@@H]2CN(C(=O)NCc3ccccc3)C[C@H]1O2. The van der Waals surface area contributed by atoms with Crippen molar-refractivity contribution in [1.82, 2.24) is 15.5 Å². The second-order valence-corrected chi connectivity index (χ2v) is 6.85. The van der Waals surface area contributed by atoms with Crippen molar-refractivity contribution in [3.63, 3.8) is 0 Å². The molecule has 24 heavy (non-hydrogen) atoms. The van der Waals surface area contributed by atoms with Crippen molar-refractivity contribution in [1.29, 1.82) is 0 Å². The maximum atomic E-state index is 12.4. The molecule has 3 atom stereocenters. The van der Waals surface area contributed by atoms with Gasteiger partial charge >= 0.3 is 6.03 Å². The van der Waals surface area contributed by atoms with Gasteiger partial charge in [-0.25, -0.2) is 4.79 Å². The average Bonchev–Trinajstić information content (AvgIpc) is 2.87. The Balaban J connectivity index is 1.54. The molecule has 2 N–H and O–H groups in total. The second kappa shape index (κ2) is 7.21. The first kappa shape index (κ1) is 16.8. The Hall–Kier alpha value is -2.08. The first-order chi connectivity index (χ1) is 11.5. The molecule has 0 radical (unpaired) electrons. The number of morpholine rings is 1. The van der Waals surface area contributed by atoms with Gasteiger partial charge in [0.2, 0.25) is 5.91 Å². The summed E-state index contributed by atoms with van der Waals surface area (Å²) in [5, 5.41) is 5.89. The van der Waals surface area contributed by atoms with Gasteiger partial charge in [0.25, 0.3) is 0 Å². The van der Waals surface area contributed by atoms with Crippen molar-refractivity contribution in [3.8, 4) is 0 Å². The minimum atomic E-state index is -0.204. The Morgan fingerprint density at radius 1 is 1.25 bits per heavy atom. The molecule has 2 saturated heterocycles. The van der Waals surface area contributed by atoms with Gasteiger partial charge in [-0.3, -0.25) is 4.79 Å². The lowest BCUT2D eigenvalue weighted by atomic mass is 9.99. The largest absolute Gasteiger partial charge is 0.370 e. The highest BCUT2D eigenvalue weighted by Gasteiger charge is 2.45. The van der Waals surface area contributed by atoms with Crippen LogP contribution in [-0.4, -0.2) is 48.2 Å². The quantitative estimate of drug-likeness (QED) is 0.878. The van der Waals surface area contributed by atoms with E-state index < -0.39 is 0 Å². The van der Waals surface area contributed by atoms with Crippen LogP contribution in [0.5, 0.6) is 0 Å². The zero-order chi connectivity index (χ0) is 17.1. The lowest BCUT2D eigenvalue weighted by Gasteiger charge is -2.32. The molecule has 2 fully saturated rings. The highest BCUT2D eigenvalue weighted by molar-refractivity contribution is 5.80. The number of likely N-dealkylation sites (tertiary alicyclic amines) is 1. The Morgan fingerprint density at radius 3 is 2.71 bits per heavy atom. The minimum Gasteiger partial charge on any atom is -0.370 e. The summed E-state index contributed by atoms with van der Waals surface area (Å²) in [6.45, 7) is 5.41. The van der Waals surface area contributed by atoms with Crippen LogP contribution in [-0.2, 0) is 16.1 Å². The summed E-state index contributed by atoms with van der Waals surface area (Å²) >= 11 is 0. The molecule has 3 amide bonds. The first-order valence-corrected chi connectivity index (χ1v) is 8.55. The van der Waals surface area contributed by atoms with Crippen LogP contribution in [0.25, 0.3) is 0 Å². The molecule has 0 saturated carbocycles. The zero-order valence-corrected chi connectivity index (χ0v) is 14.2. The summed E-state index contributed by atoms with van der Waals surface area (Å²) in [6, 6.07) is 9.84. The second-order valence-electron chi connectivity index (χ2n) is 6.85. The Labute approximate surface area is 142 Å². The van der Waals surface area contributed by atoms with Crippen LogP contribution >= 0.6 is 0 Å². The van der Waals surface area contributed by atoms with Crippen molar-refractivity contribution < 1.29 is 14.3 Å². The maximum Gasteiger partial charge on any atom is 0.317 e. The van der Waals surface area contributed by atoms with Gasteiger partial charge in [-0.15, -0.1) is 0 Å². The van der Waals surface area contributed by atoms with Crippen LogP contribution < -0.4 is 10.6 Å². The van der Waals surface area contributed by atoms with Crippen molar-refractivity contribution in [2.45, 2.75) is 45.1 Å². The molecular weight excluding hydrogens is 306 g/mol. The van der Waals surface area contributed by atoms with E-state index in [-0.39, 0.29) is 36.1 Å². The molecule has 2 heterocycles. The summed E-state index contributed by atoms with van der Waals surface area (Å²) in [7, 11) is 0. The number of nitrogens with zero attached hydrogens (tertiary/aromatic N) is 1. The summed E-state index contributed by atoms with van der Waals surface area (Å²) < 4.78 is 5.87. The van der Waals surface area contributed by atoms with Crippen molar-refractivity contribution in [2.75, 3.05) is 13.1 Å². The third-order valence-electron chi connectivity index (χ3n) is 4.50. The predicted octanol–water partition coefficient (Wildman–Crippen LogP) is 1.51. The van der Waals surface area contributed by atoms with E-state index in [4.69, 9.17) is 4.74 Å². The van der Waals surface area contributed by atoms with Crippen molar-refractivity contribution in [3.05, 3.63) is 35.9 Å². The fraction of sp³-hybridized carbons (Fsp3) is 0.556. The van der Waals surface area contributed by atoms with Gasteiger partial charge in [0.05, 0.1) is 18.1 Å². The lowest BCUT2D eigenvalue weighted by Crippen LogP contribution is -2.51. The minimum absolute atomic E-state index is 0.0315. The Morgan fingerprint density at radius 2 is 2.00 bits per heavy atom. The number of amides is 3. The number of nitrogens with one attached hydrogen (secondary N) is 2. The number of hydrogen-bond acceptors (Lipinski definition) is 3. The number of benzene rings is 1. The van der Waals surface area contributed by atoms with Gasteiger partial charge in [0, 0.05) is 25.7 Å². The molecule has 1 aromatic rings. The molecule has 2 aliphatic rings. The van der Waals surface area contributed by atoms with Gasteiger partial charge in [-0.1, -0.05) is 30.3 Å². The standard InChI is InChI=1S/C18H25N3O3/c1-12(2)20-17(22)15-8-14-10-21(11-16(15)24-14)18(23)19-9-13-6-4-3-5-7-13/h3-7,12,14-16H,8-11H2,1-2H3,(H,19,23)(H,20,22)/t14-,15+,16-/m1/s1. The van der Waals surface area contributed by atoms with Gasteiger partial charge < -0.3 is 20.3 Å². The molecule has 0 aliphatic carbocycles. The van der Waals surface area contributed by atoms with E-state index in [2.05, 4.69) is 10.6 Å². The number of fused-ring (bicyclic) bond motifs is 2. The zero-order valence-electron chi connectivity index (χ0n) is 14.2. The highest BCUT2D eigenvalue weighted by Crippen LogP contribution is 2.32. The van der Waals surface area contributed by atoms with Crippen LogP contribution in [0.15, 0.2) is 30.3 Å². The predicted molar refractivity (Wildman–Crippen MR) is 90.3 cm³/mol. The summed E-state index contributed by atoms with van der Waals surface area (Å²) in [5.41, 5.74) is 1.07.